The van der Waals surface area contributed by atoms with Gasteiger partial charge in [-0.05, 0) is 30.3 Å². The molecule has 0 radical (unpaired) electrons. The highest BCUT2D eigenvalue weighted by atomic mass is 79.9. The first-order chi connectivity index (χ1) is 15.0. The molecule has 10 heteroatoms. The number of benzene rings is 2. The minimum Gasteiger partial charge on any atom is -0.456 e. The number of nitrogens with zero attached hydrogens (tertiary/aromatic N) is 4. The van der Waals surface area contributed by atoms with Crippen LogP contribution in [0.1, 0.15) is 5.76 Å². The summed E-state index contributed by atoms with van der Waals surface area (Å²) in [6.45, 7) is 0. The van der Waals surface area contributed by atoms with E-state index in [1.807, 2.05) is 24.3 Å². The molecule has 0 spiro atoms. The molecule has 0 unspecified atom stereocenters. The maximum absolute atomic E-state index is 12.8. The summed E-state index contributed by atoms with van der Waals surface area (Å²) in [5.74, 6) is 1.23. The van der Waals surface area contributed by atoms with Crippen LogP contribution in [0.25, 0.3) is 33.7 Å². The van der Waals surface area contributed by atoms with Crippen molar-refractivity contribution in [3.05, 3.63) is 95.9 Å². The van der Waals surface area contributed by atoms with Crippen LogP contribution in [0.4, 0.5) is 5.69 Å². The number of furan rings is 1. The van der Waals surface area contributed by atoms with Gasteiger partial charge < -0.3 is 4.42 Å². The molecule has 0 N–H and O–H groups in total. The van der Waals surface area contributed by atoms with Crippen molar-refractivity contribution < 1.29 is 9.34 Å². The fraction of sp³-hybridized carbons (Fsp3) is 0. The molecular formula is C21H11BrN4O4S. The fourth-order valence-electron chi connectivity index (χ4n) is 3.10. The Kier molecular flexibility index (Phi) is 4.72. The average Bonchev–Trinajstić information content (AvgIpc) is 3.46. The standard InChI is InChI=1S/C21H11BrN4O4S/c22-13-7-5-12(6-8-13)19-23-21-25(24-19)20(27)18(31-21)11-14-9-10-17(30-14)15-3-1-2-4-16(15)26(28)29/h1-11H/b18-11-. The van der Waals surface area contributed by atoms with Crippen LogP contribution in [0.5, 0.6) is 0 Å². The van der Waals surface area contributed by atoms with Crippen molar-refractivity contribution in [2.45, 2.75) is 0 Å². The molecule has 0 aliphatic heterocycles. The van der Waals surface area contributed by atoms with Gasteiger partial charge in [-0.3, -0.25) is 14.9 Å². The van der Waals surface area contributed by atoms with Crippen molar-refractivity contribution in [2.24, 2.45) is 0 Å². The third-order valence-corrected chi connectivity index (χ3v) is 6.04. The smallest absolute Gasteiger partial charge is 0.291 e. The van der Waals surface area contributed by atoms with Gasteiger partial charge in [-0.15, -0.1) is 5.10 Å². The van der Waals surface area contributed by atoms with Gasteiger partial charge in [0.1, 0.15) is 16.1 Å². The molecule has 0 saturated carbocycles. The Balaban J connectivity index is 1.52. The molecule has 5 aromatic rings. The van der Waals surface area contributed by atoms with Crippen LogP contribution in [0.3, 0.4) is 0 Å². The van der Waals surface area contributed by atoms with E-state index in [0.29, 0.717) is 32.4 Å². The zero-order valence-corrected chi connectivity index (χ0v) is 18.0. The molecule has 3 aromatic heterocycles. The minimum absolute atomic E-state index is 0.0489. The van der Waals surface area contributed by atoms with Crippen molar-refractivity contribution in [2.75, 3.05) is 0 Å². The number of hydrogen-bond donors (Lipinski definition) is 0. The number of nitro groups is 1. The molecule has 0 bridgehead atoms. The first-order valence-electron chi connectivity index (χ1n) is 9.00. The maximum Gasteiger partial charge on any atom is 0.291 e. The van der Waals surface area contributed by atoms with E-state index >= 15 is 0 Å². The molecular weight excluding hydrogens is 484 g/mol. The number of para-hydroxylation sites is 1. The van der Waals surface area contributed by atoms with Gasteiger partial charge in [0, 0.05) is 22.2 Å². The van der Waals surface area contributed by atoms with E-state index in [2.05, 4.69) is 26.0 Å². The summed E-state index contributed by atoms with van der Waals surface area (Å²) in [4.78, 5) is 28.5. The van der Waals surface area contributed by atoms with Gasteiger partial charge in [0.05, 0.1) is 10.5 Å². The number of fused-ring (bicyclic) bond motifs is 1. The van der Waals surface area contributed by atoms with Gasteiger partial charge >= 0.3 is 0 Å². The second kappa shape index (κ2) is 7.56. The predicted octanol–water partition coefficient (Wildman–Crippen LogP) is 4.30. The third-order valence-electron chi connectivity index (χ3n) is 4.55. The second-order valence-electron chi connectivity index (χ2n) is 6.53. The summed E-state index contributed by atoms with van der Waals surface area (Å²) < 4.78 is 8.36. The summed E-state index contributed by atoms with van der Waals surface area (Å²) in [5, 5.41) is 15.6. The summed E-state index contributed by atoms with van der Waals surface area (Å²) in [7, 11) is 0. The molecule has 2 aromatic carbocycles. The highest BCUT2D eigenvalue weighted by Crippen LogP contribution is 2.31. The average molecular weight is 495 g/mol. The molecule has 152 valence electrons. The van der Waals surface area contributed by atoms with E-state index in [1.165, 1.54) is 21.9 Å². The first kappa shape index (κ1) is 19.3. The maximum atomic E-state index is 12.8. The SMILES string of the molecule is O=c1/c(=C/c2ccc(-c3ccccc3[N+](=O)[O-])o2)sc2nc(-c3ccc(Br)cc3)nn12. The molecule has 0 aliphatic carbocycles. The summed E-state index contributed by atoms with van der Waals surface area (Å²) in [6, 6.07) is 17.1. The van der Waals surface area contributed by atoms with E-state index in [4.69, 9.17) is 4.42 Å². The predicted molar refractivity (Wildman–Crippen MR) is 120 cm³/mol. The van der Waals surface area contributed by atoms with Gasteiger partial charge in [-0.25, -0.2) is 0 Å². The number of rotatable bonds is 4. The van der Waals surface area contributed by atoms with Crippen molar-refractivity contribution in [3.63, 3.8) is 0 Å². The Morgan fingerprint density at radius 2 is 1.87 bits per heavy atom. The summed E-state index contributed by atoms with van der Waals surface area (Å²) in [5.41, 5.74) is 0.826. The van der Waals surface area contributed by atoms with Crippen LogP contribution in [-0.2, 0) is 0 Å². The van der Waals surface area contributed by atoms with E-state index in [0.717, 1.165) is 10.0 Å². The Morgan fingerprint density at radius 3 is 2.61 bits per heavy atom. The molecule has 0 saturated heterocycles. The van der Waals surface area contributed by atoms with E-state index < -0.39 is 4.92 Å². The van der Waals surface area contributed by atoms with Gasteiger partial charge in [-0.2, -0.15) is 9.50 Å². The molecule has 3 heterocycles. The van der Waals surface area contributed by atoms with Gasteiger partial charge in [0.15, 0.2) is 5.82 Å². The molecule has 0 amide bonds. The zero-order valence-electron chi connectivity index (χ0n) is 15.6. The lowest BCUT2D eigenvalue weighted by Gasteiger charge is -1.98. The van der Waals surface area contributed by atoms with Crippen LogP contribution in [0.15, 0.2) is 74.3 Å². The van der Waals surface area contributed by atoms with Crippen LogP contribution < -0.4 is 10.1 Å². The van der Waals surface area contributed by atoms with E-state index in [9.17, 15) is 14.9 Å². The molecule has 8 nitrogen and oxygen atoms in total. The van der Waals surface area contributed by atoms with Crippen molar-refractivity contribution in [1.29, 1.82) is 0 Å². The van der Waals surface area contributed by atoms with Gasteiger partial charge in [0.25, 0.3) is 11.2 Å². The monoisotopic (exact) mass is 494 g/mol. The molecule has 5 rings (SSSR count). The zero-order chi connectivity index (χ0) is 21.5. The van der Waals surface area contributed by atoms with Crippen molar-refractivity contribution in [1.82, 2.24) is 14.6 Å². The lowest BCUT2D eigenvalue weighted by atomic mass is 10.1. The number of halogens is 1. The number of aromatic nitrogens is 3. The van der Waals surface area contributed by atoms with Crippen LogP contribution in [0.2, 0.25) is 0 Å². The molecule has 0 fully saturated rings. The topological polar surface area (TPSA) is 104 Å². The largest absolute Gasteiger partial charge is 0.456 e. The lowest BCUT2D eigenvalue weighted by Crippen LogP contribution is -2.23. The lowest BCUT2D eigenvalue weighted by molar-refractivity contribution is -0.384. The normalized spacial score (nSPS) is 12.0. The quantitative estimate of drug-likeness (QED) is 0.272. The summed E-state index contributed by atoms with van der Waals surface area (Å²) >= 11 is 4.58. The third kappa shape index (κ3) is 3.56. The molecule has 31 heavy (non-hydrogen) atoms. The van der Waals surface area contributed by atoms with Crippen molar-refractivity contribution >= 4 is 44.0 Å². The highest BCUT2D eigenvalue weighted by Gasteiger charge is 2.17. The van der Waals surface area contributed by atoms with Crippen molar-refractivity contribution in [3.8, 4) is 22.7 Å². The summed E-state index contributed by atoms with van der Waals surface area (Å²) in [6.07, 6.45) is 1.58. The Morgan fingerprint density at radius 1 is 1.10 bits per heavy atom. The van der Waals surface area contributed by atoms with Gasteiger partial charge in [0.2, 0.25) is 4.96 Å². The second-order valence-corrected chi connectivity index (χ2v) is 8.45. The Labute approximate surface area is 186 Å². The van der Waals surface area contributed by atoms with Crippen LogP contribution in [0, 0.1) is 10.1 Å². The minimum atomic E-state index is -0.458. The van der Waals surface area contributed by atoms with E-state index in [-0.39, 0.29) is 11.2 Å². The number of thiazole rings is 1. The highest BCUT2D eigenvalue weighted by molar-refractivity contribution is 9.10. The Hall–Kier alpha value is -3.63. The van der Waals surface area contributed by atoms with Crippen LogP contribution >= 0.6 is 27.3 Å². The fourth-order valence-corrected chi connectivity index (χ4v) is 4.25. The molecule has 0 aliphatic rings. The van der Waals surface area contributed by atoms with Crippen LogP contribution in [-0.4, -0.2) is 19.5 Å². The number of hydrogen-bond acceptors (Lipinski definition) is 7. The molecule has 0 atom stereocenters. The first-order valence-corrected chi connectivity index (χ1v) is 10.6. The Bertz CT molecular complexity index is 1550. The van der Waals surface area contributed by atoms with Gasteiger partial charge in [-0.1, -0.05) is 51.5 Å². The van der Waals surface area contributed by atoms with E-state index in [1.54, 1.807) is 36.4 Å². The number of nitro benzene ring substituents is 1.